The molecule has 0 radical (unpaired) electrons. The van der Waals surface area contributed by atoms with Crippen molar-refractivity contribution < 1.29 is 19.2 Å². The van der Waals surface area contributed by atoms with Gasteiger partial charge in [-0.05, 0) is 6.42 Å². The smallest absolute Gasteiger partial charge is 0.316 e. The molecule has 7 nitrogen and oxygen atoms in total. The minimum Gasteiger partial charge on any atom is -0.455 e. The lowest BCUT2D eigenvalue weighted by molar-refractivity contribution is -0.497. The number of hydrogen-bond acceptors (Lipinski definition) is 5. The van der Waals surface area contributed by atoms with Crippen molar-refractivity contribution in [2.75, 3.05) is 13.2 Å². The van der Waals surface area contributed by atoms with E-state index < -0.39 is 22.9 Å². The molecule has 0 aliphatic heterocycles. The Bertz CT molecular complexity index is 318. The molecule has 0 aromatic heterocycles. The molecule has 2 unspecified atom stereocenters. The maximum atomic E-state index is 11.2. The normalized spacial score (nSPS) is 21.7. The number of amides is 1. The lowest BCUT2D eigenvalue weighted by Crippen LogP contribution is -2.30. The van der Waals surface area contributed by atoms with Crippen LogP contribution in [-0.4, -0.2) is 36.0 Å². The van der Waals surface area contributed by atoms with Crippen molar-refractivity contribution in [1.29, 1.82) is 0 Å². The van der Waals surface area contributed by atoms with Crippen LogP contribution in [0.3, 0.4) is 0 Å². The van der Waals surface area contributed by atoms with Gasteiger partial charge in [0.25, 0.3) is 5.91 Å². The second-order valence-corrected chi connectivity index (χ2v) is 4.01. The molecule has 0 saturated heterocycles. The molecule has 96 valence electrons. The highest BCUT2D eigenvalue weighted by Gasteiger charge is 2.54. The molecule has 0 heterocycles. The second kappa shape index (κ2) is 6.17. The highest BCUT2D eigenvalue weighted by molar-refractivity contribution is 5.82. The quantitative estimate of drug-likeness (QED) is 0.296. The first-order valence-corrected chi connectivity index (χ1v) is 5.63. The van der Waals surface area contributed by atoms with Crippen LogP contribution in [0, 0.1) is 16.0 Å². The van der Waals surface area contributed by atoms with Crippen molar-refractivity contribution >= 4 is 11.9 Å². The summed E-state index contributed by atoms with van der Waals surface area (Å²) in [7, 11) is 0. The molecule has 0 bridgehead atoms. The van der Waals surface area contributed by atoms with Crippen molar-refractivity contribution in [3.63, 3.8) is 0 Å². The summed E-state index contributed by atoms with van der Waals surface area (Å²) in [5.74, 6) is -1.70. The van der Waals surface area contributed by atoms with Gasteiger partial charge >= 0.3 is 5.97 Å². The van der Waals surface area contributed by atoms with Crippen LogP contribution >= 0.6 is 0 Å². The zero-order valence-electron chi connectivity index (χ0n) is 9.68. The van der Waals surface area contributed by atoms with Gasteiger partial charge in [0.2, 0.25) is 6.04 Å². The summed E-state index contributed by atoms with van der Waals surface area (Å²) in [6.45, 7) is 2.19. The van der Waals surface area contributed by atoms with Crippen molar-refractivity contribution in [3.8, 4) is 0 Å². The number of unbranched alkanes of at least 4 members (excludes halogenated alkanes) is 1. The van der Waals surface area contributed by atoms with Gasteiger partial charge in [-0.1, -0.05) is 13.3 Å². The number of esters is 1. The van der Waals surface area contributed by atoms with E-state index in [2.05, 4.69) is 10.1 Å². The van der Waals surface area contributed by atoms with Crippen LogP contribution in [0.25, 0.3) is 0 Å². The van der Waals surface area contributed by atoms with Crippen LogP contribution in [0.5, 0.6) is 0 Å². The van der Waals surface area contributed by atoms with Gasteiger partial charge in [-0.2, -0.15) is 0 Å². The minimum atomic E-state index is -0.828. The molecule has 2 atom stereocenters. The lowest BCUT2D eigenvalue weighted by atomic mass is 10.3. The molecule has 1 N–H and O–H groups in total. The molecule has 1 rings (SSSR count). The van der Waals surface area contributed by atoms with Crippen molar-refractivity contribution in [1.82, 2.24) is 5.32 Å². The summed E-state index contributed by atoms with van der Waals surface area (Å²) in [6.07, 6.45) is 2.04. The highest BCUT2D eigenvalue weighted by Crippen LogP contribution is 2.33. The van der Waals surface area contributed by atoms with Gasteiger partial charge in [0.1, 0.15) is 5.92 Å². The molecule has 1 saturated carbocycles. The average Bonchev–Trinajstić information content (AvgIpc) is 3.06. The molecule has 1 amide bonds. The fourth-order valence-electron chi connectivity index (χ4n) is 1.37. The largest absolute Gasteiger partial charge is 0.455 e. The average molecular weight is 244 g/mol. The SMILES string of the molecule is CCCCNC(=O)COC(=O)C1CC1[N+](=O)[O-]. The molecule has 7 heteroatoms. The highest BCUT2D eigenvalue weighted by atomic mass is 16.6. The van der Waals surface area contributed by atoms with Crippen molar-refractivity contribution in [2.24, 2.45) is 5.92 Å². The number of carbonyl (C=O) groups is 2. The fraction of sp³-hybridized carbons (Fsp3) is 0.800. The van der Waals surface area contributed by atoms with Gasteiger partial charge in [-0.3, -0.25) is 19.7 Å². The summed E-state index contributed by atoms with van der Waals surface area (Å²) in [5, 5.41) is 12.9. The van der Waals surface area contributed by atoms with Gasteiger partial charge in [-0.25, -0.2) is 0 Å². The molecule has 17 heavy (non-hydrogen) atoms. The van der Waals surface area contributed by atoms with E-state index in [4.69, 9.17) is 0 Å². The Morgan fingerprint density at radius 3 is 2.76 bits per heavy atom. The molecular weight excluding hydrogens is 228 g/mol. The van der Waals surface area contributed by atoms with E-state index in [-0.39, 0.29) is 18.9 Å². The first kappa shape index (κ1) is 13.4. The third-order valence-electron chi connectivity index (χ3n) is 2.53. The van der Waals surface area contributed by atoms with Crippen LogP contribution in [0.2, 0.25) is 0 Å². The van der Waals surface area contributed by atoms with Gasteiger partial charge in [0.05, 0.1) is 0 Å². The van der Waals surface area contributed by atoms with Gasteiger partial charge < -0.3 is 10.1 Å². The predicted octanol–water partition coefficient (Wildman–Crippen LogP) is 0.111. The zero-order valence-corrected chi connectivity index (χ0v) is 9.68. The molecule has 1 aliphatic rings. The molecule has 1 aliphatic carbocycles. The van der Waals surface area contributed by atoms with E-state index in [9.17, 15) is 19.7 Å². The Hall–Kier alpha value is -1.66. The standard InChI is InChI=1S/C10H16N2O5/c1-2-3-4-11-9(13)6-17-10(14)7-5-8(7)12(15)16/h7-8H,2-6H2,1H3,(H,11,13). The number of nitro groups is 1. The Kier molecular flexibility index (Phi) is 4.86. The van der Waals surface area contributed by atoms with E-state index in [1.165, 1.54) is 0 Å². The van der Waals surface area contributed by atoms with E-state index in [1.54, 1.807) is 0 Å². The maximum Gasteiger partial charge on any atom is 0.316 e. The number of carbonyl (C=O) groups excluding carboxylic acids is 2. The van der Waals surface area contributed by atoms with E-state index >= 15 is 0 Å². The lowest BCUT2D eigenvalue weighted by Gasteiger charge is -2.04. The van der Waals surface area contributed by atoms with Crippen LogP contribution in [0.15, 0.2) is 0 Å². The maximum absolute atomic E-state index is 11.2. The minimum absolute atomic E-state index is 0.212. The number of nitrogens with one attached hydrogen (secondary N) is 1. The van der Waals surface area contributed by atoms with E-state index in [0.29, 0.717) is 6.54 Å². The molecule has 1 fully saturated rings. The Morgan fingerprint density at radius 1 is 1.53 bits per heavy atom. The van der Waals surface area contributed by atoms with Gasteiger partial charge in [-0.15, -0.1) is 0 Å². The third-order valence-corrected chi connectivity index (χ3v) is 2.53. The second-order valence-electron chi connectivity index (χ2n) is 4.01. The fourth-order valence-corrected chi connectivity index (χ4v) is 1.37. The summed E-state index contributed by atoms with van der Waals surface area (Å²) < 4.78 is 4.68. The Balaban J connectivity index is 2.12. The summed E-state index contributed by atoms with van der Waals surface area (Å²) in [4.78, 5) is 32.2. The van der Waals surface area contributed by atoms with Gasteiger partial charge in [0, 0.05) is 17.9 Å². The van der Waals surface area contributed by atoms with Gasteiger partial charge in [0.15, 0.2) is 6.61 Å². The number of nitrogens with zero attached hydrogens (tertiary/aromatic N) is 1. The zero-order chi connectivity index (χ0) is 12.8. The topological polar surface area (TPSA) is 98.5 Å². The number of ether oxygens (including phenoxy) is 1. The first-order valence-electron chi connectivity index (χ1n) is 5.63. The molecular formula is C10H16N2O5. The summed E-state index contributed by atoms with van der Waals surface area (Å²) in [5.41, 5.74) is 0. The van der Waals surface area contributed by atoms with Crippen molar-refractivity contribution in [3.05, 3.63) is 10.1 Å². The van der Waals surface area contributed by atoms with Crippen LogP contribution in [0.1, 0.15) is 26.2 Å². The first-order chi connectivity index (χ1) is 8.06. The van der Waals surface area contributed by atoms with E-state index in [1.807, 2.05) is 6.92 Å². The number of hydrogen-bond donors (Lipinski definition) is 1. The van der Waals surface area contributed by atoms with Crippen LogP contribution in [-0.2, 0) is 14.3 Å². The Labute approximate surface area is 98.7 Å². The Morgan fingerprint density at radius 2 is 2.24 bits per heavy atom. The van der Waals surface area contributed by atoms with Crippen LogP contribution in [0.4, 0.5) is 0 Å². The predicted molar refractivity (Wildman–Crippen MR) is 57.8 cm³/mol. The molecule has 0 aromatic rings. The van der Waals surface area contributed by atoms with E-state index in [0.717, 1.165) is 12.8 Å². The summed E-state index contributed by atoms with van der Waals surface area (Å²) in [6, 6.07) is -0.828. The number of rotatable bonds is 7. The van der Waals surface area contributed by atoms with Crippen molar-refractivity contribution in [2.45, 2.75) is 32.2 Å². The monoisotopic (exact) mass is 244 g/mol. The molecule has 0 spiro atoms. The third kappa shape index (κ3) is 4.38. The summed E-state index contributed by atoms with van der Waals surface area (Å²) >= 11 is 0. The molecule has 0 aromatic carbocycles. The van der Waals surface area contributed by atoms with Crippen LogP contribution < -0.4 is 5.32 Å².